The third-order valence-electron chi connectivity index (χ3n) is 9.04. The summed E-state index contributed by atoms with van der Waals surface area (Å²) < 4.78 is 5.35. The molecule has 2 fully saturated rings. The average Bonchev–Trinajstić information content (AvgIpc) is 3.12. The van der Waals surface area contributed by atoms with Gasteiger partial charge in [0.25, 0.3) is 0 Å². The molecule has 0 saturated heterocycles. The molecule has 6 N–H and O–H groups in total. The van der Waals surface area contributed by atoms with Crippen LogP contribution in [0.4, 0.5) is 0 Å². The Hall–Kier alpha value is -1.94. The molecular weight excluding hydrogens is 424 g/mol. The van der Waals surface area contributed by atoms with Gasteiger partial charge < -0.3 is 36.0 Å². The van der Waals surface area contributed by atoms with Crippen LogP contribution in [-0.4, -0.2) is 84.8 Å². The summed E-state index contributed by atoms with van der Waals surface area (Å²) in [4.78, 5) is 18.7. The number of aliphatic hydroxyl groups excluding tert-OH is 1. The molecule has 0 amide bonds. The van der Waals surface area contributed by atoms with Gasteiger partial charge in [0.2, 0.25) is 0 Å². The molecule has 1 heterocycles. The topological polar surface area (TPSA) is 141 Å². The van der Waals surface area contributed by atoms with Gasteiger partial charge in [-0.3, -0.25) is 4.99 Å². The number of ether oxygens (including phenoxy) is 1. The van der Waals surface area contributed by atoms with E-state index >= 15 is 0 Å². The second-order valence-corrected chi connectivity index (χ2v) is 10.3. The van der Waals surface area contributed by atoms with Gasteiger partial charge >= 0.3 is 5.97 Å². The van der Waals surface area contributed by atoms with Crippen molar-refractivity contribution in [3.8, 4) is 0 Å². The molecular formula is C24H38N4O5. The number of nitrogens with one attached hydrogen (secondary N) is 1. The van der Waals surface area contributed by atoms with E-state index in [9.17, 15) is 20.1 Å². The van der Waals surface area contributed by atoms with E-state index in [2.05, 4.69) is 23.3 Å². The zero-order valence-corrected chi connectivity index (χ0v) is 19.9. The van der Waals surface area contributed by atoms with Gasteiger partial charge in [0, 0.05) is 50.8 Å². The standard InChI is InChI=1S/C24H38N4O5/c1-15-4-5-16-10-18-19(20(30)31)22(32,14-33-3)12-23(15,18)24(16)13-28(21(25)26-2)8-6-17(24)11-27-7-9-29/h6,8,15-17,27,29,32H,4-5,7,9-14H2,1-3H3,(H2,25,26)(H,30,31). The molecule has 9 nitrogen and oxygen atoms in total. The molecule has 0 radical (unpaired) electrons. The van der Waals surface area contributed by atoms with E-state index in [-0.39, 0.29) is 42.0 Å². The predicted molar refractivity (Wildman–Crippen MR) is 124 cm³/mol. The molecule has 6 unspecified atom stereocenters. The van der Waals surface area contributed by atoms with Crippen LogP contribution in [0.25, 0.3) is 0 Å². The molecule has 184 valence electrons. The number of nitrogens with two attached hydrogens (primary N) is 1. The van der Waals surface area contributed by atoms with Crippen LogP contribution >= 0.6 is 0 Å². The van der Waals surface area contributed by atoms with Crippen LogP contribution in [-0.2, 0) is 9.53 Å². The average molecular weight is 463 g/mol. The number of aliphatic carboxylic acids is 1. The highest BCUT2D eigenvalue weighted by atomic mass is 16.5. The van der Waals surface area contributed by atoms with Crippen LogP contribution < -0.4 is 11.1 Å². The van der Waals surface area contributed by atoms with E-state index in [4.69, 9.17) is 10.5 Å². The first-order valence-electron chi connectivity index (χ1n) is 11.9. The second kappa shape index (κ2) is 8.69. The van der Waals surface area contributed by atoms with Crippen molar-refractivity contribution in [2.45, 2.75) is 38.2 Å². The van der Waals surface area contributed by atoms with Crippen molar-refractivity contribution in [2.75, 3.05) is 47.0 Å². The lowest BCUT2D eigenvalue weighted by Crippen LogP contribution is -2.62. The highest BCUT2D eigenvalue weighted by Gasteiger charge is 2.74. The molecule has 9 heteroatoms. The Morgan fingerprint density at radius 1 is 1.42 bits per heavy atom. The quantitative estimate of drug-likeness (QED) is 0.210. The van der Waals surface area contributed by atoms with Crippen molar-refractivity contribution in [3.63, 3.8) is 0 Å². The number of aliphatic imine (C=N–C) groups is 1. The summed E-state index contributed by atoms with van der Waals surface area (Å²) >= 11 is 0. The third-order valence-corrected chi connectivity index (χ3v) is 9.04. The van der Waals surface area contributed by atoms with Crippen molar-refractivity contribution in [1.29, 1.82) is 0 Å². The maximum atomic E-state index is 12.5. The third kappa shape index (κ3) is 3.27. The normalized spacial score (nSPS) is 40.1. The Kier molecular flexibility index (Phi) is 6.37. The number of hydrogen-bond acceptors (Lipinski definition) is 6. The van der Waals surface area contributed by atoms with Crippen LogP contribution in [0.15, 0.2) is 28.4 Å². The second-order valence-electron chi connectivity index (χ2n) is 10.3. The first-order valence-corrected chi connectivity index (χ1v) is 11.9. The number of allylic oxidation sites excluding steroid dienone is 1. The van der Waals surface area contributed by atoms with Gasteiger partial charge in [0.15, 0.2) is 5.96 Å². The molecule has 0 aromatic heterocycles. The fourth-order valence-corrected chi connectivity index (χ4v) is 7.97. The molecule has 3 aliphatic carbocycles. The maximum Gasteiger partial charge on any atom is 0.334 e. The summed E-state index contributed by atoms with van der Waals surface area (Å²) in [6.07, 6.45) is 7.14. The Morgan fingerprint density at radius 3 is 2.82 bits per heavy atom. The van der Waals surface area contributed by atoms with E-state index < -0.39 is 17.0 Å². The van der Waals surface area contributed by atoms with Crippen molar-refractivity contribution in [2.24, 2.45) is 39.3 Å². The van der Waals surface area contributed by atoms with Crippen LogP contribution in [0.2, 0.25) is 0 Å². The van der Waals surface area contributed by atoms with Gasteiger partial charge in [-0.25, -0.2) is 4.79 Å². The largest absolute Gasteiger partial charge is 0.478 e. The lowest BCUT2D eigenvalue weighted by molar-refractivity contribution is -0.138. The van der Waals surface area contributed by atoms with E-state index in [0.717, 1.165) is 18.4 Å². The van der Waals surface area contributed by atoms with E-state index in [0.29, 0.717) is 38.4 Å². The lowest BCUT2D eigenvalue weighted by atomic mass is 9.46. The van der Waals surface area contributed by atoms with E-state index in [1.54, 1.807) is 7.05 Å². The molecule has 0 aromatic carbocycles. The van der Waals surface area contributed by atoms with Crippen molar-refractivity contribution >= 4 is 11.9 Å². The molecule has 2 saturated carbocycles. The number of carbonyl (C=O) groups is 1. The smallest absolute Gasteiger partial charge is 0.334 e. The summed E-state index contributed by atoms with van der Waals surface area (Å²) in [5, 5.41) is 34.7. The maximum absolute atomic E-state index is 12.5. The Bertz CT molecular complexity index is 888. The predicted octanol–water partition coefficient (Wildman–Crippen LogP) is 0.543. The Balaban J connectivity index is 1.92. The molecule has 0 aromatic rings. The number of methoxy groups -OCH3 is 1. The zero-order valence-electron chi connectivity index (χ0n) is 19.9. The number of carboxylic acids is 1. The molecule has 6 atom stereocenters. The van der Waals surface area contributed by atoms with Crippen molar-refractivity contribution in [3.05, 3.63) is 23.4 Å². The number of hydrogen-bond donors (Lipinski definition) is 5. The Labute approximate surface area is 195 Å². The molecule has 33 heavy (non-hydrogen) atoms. The number of aliphatic hydroxyl groups is 2. The summed E-state index contributed by atoms with van der Waals surface area (Å²) in [6, 6.07) is 0. The van der Waals surface area contributed by atoms with E-state index in [1.165, 1.54) is 7.11 Å². The van der Waals surface area contributed by atoms with Crippen LogP contribution in [0.3, 0.4) is 0 Å². The highest BCUT2D eigenvalue weighted by Crippen LogP contribution is 2.77. The first-order chi connectivity index (χ1) is 15.7. The summed E-state index contributed by atoms with van der Waals surface area (Å²) in [5.74, 6) is -0.0713. The molecule has 2 spiro atoms. The van der Waals surface area contributed by atoms with Crippen LogP contribution in [0.5, 0.6) is 0 Å². The van der Waals surface area contributed by atoms with Gasteiger partial charge in [-0.05, 0) is 49.0 Å². The van der Waals surface area contributed by atoms with Gasteiger partial charge in [-0.15, -0.1) is 0 Å². The van der Waals surface area contributed by atoms with Gasteiger partial charge in [-0.1, -0.05) is 13.0 Å². The van der Waals surface area contributed by atoms with Gasteiger partial charge in [-0.2, -0.15) is 0 Å². The first kappa shape index (κ1) is 24.2. The highest BCUT2D eigenvalue weighted by molar-refractivity contribution is 5.92. The summed E-state index contributed by atoms with van der Waals surface area (Å²) in [5.41, 5.74) is 4.96. The monoisotopic (exact) mass is 462 g/mol. The fourth-order valence-electron chi connectivity index (χ4n) is 7.97. The molecule has 4 aliphatic rings. The number of guanidine groups is 1. The lowest BCUT2D eigenvalue weighted by Gasteiger charge is -2.61. The summed E-state index contributed by atoms with van der Waals surface area (Å²) in [7, 11) is 3.17. The van der Waals surface area contributed by atoms with Gasteiger partial charge in [0.05, 0.1) is 18.8 Å². The minimum atomic E-state index is -1.53. The van der Waals surface area contributed by atoms with Crippen molar-refractivity contribution < 1.29 is 24.9 Å². The fraction of sp³-hybridized carbons (Fsp3) is 0.750. The molecule has 4 rings (SSSR count). The molecule has 2 bridgehead atoms. The van der Waals surface area contributed by atoms with E-state index in [1.807, 2.05) is 11.1 Å². The van der Waals surface area contributed by atoms with Gasteiger partial charge in [0.1, 0.15) is 5.60 Å². The number of rotatable bonds is 7. The SMILES string of the molecule is CN=C(N)N1C=CC(CNCCO)C2(C1)C1CCC(C)C23CC(O)(COC)C(C(=O)O)=C3C1. The minimum absolute atomic E-state index is 0.0428. The Morgan fingerprint density at radius 2 is 2.18 bits per heavy atom. The zero-order chi connectivity index (χ0) is 24.0. The van der Waals surface area contributed by atoms with Crippen LogP contribution in [0, 0.1) is 28.6 Å². The molecule has 1 aliphatic heterocycles. The number of carboxylic acid groups (broad SMARTS) is 1. The van der Waals surface area contributed by atoms with Crippen molar-refractivity contribution in [1.82, 2.24) is 10.2 Å². The van der Waals surface area contributed by atoms with Crippen LogP contribution in [0.1, 0.15) is 32.6 Å². The minimum Gasteiger partial charge on any atom is -0.478 e. The summed E-state index contributed by atoms with van der Waals surface area (Å²) in [6.45, 7) is 3.99. The number of nitrogens with zero attached hydrogens (tertiary/aromatic N) is 2.